The minimum absolute atomic E-state index is 0.0251. The Morgan fingerprint density at radius 1 is 1.13 bits per heavy atom. The van der Waals surface area contributed by atoms with Crippen LogP contribution in [-0.4, -0.2) is 12.4 Å². The number of halogens is 1. The van der Waals surface area contributed by atoms with Gasteiger partial charge in [0.2, 0.25) is 0 Å². The zero-order valence-electron chi connectivity index (χ0n) is 13.2. The normalized spacial score (nSPS) is 10.7. The molecule has 0 aliphatic carbocycles. The summed E-state index contributed by atoms with van der Waals surface area (Å²) in [7, 11) is 0. The summed E-state index contributed by atoms with van der Waals surface area (Å²) in [5.41, 5.74) is 1.32. The Morgan fingerprint density at radius 2 is 1.91 bits per heavy atom. The van der Waals surface area contributed by atoms with Gasteiger partial charge in [0.1, 0.15) is 12.4 Å². The summed E-state index contributed by atoms with van der Waals surface area (Å²) in [4.78, 5) is 11.0. The Morgan fingerprint density at radius 3 is 2.61 bits per heavy atom. The molecule has 23 heavy (non-hydrogen) atoms. The van der Waals surface area contributed by atoms with Crippen molar-refractivity contribution >= 4 is 11.9 Å². The fourth-order valence-corrected chi connectivity index (χ4v) is 2.00. The lowest BCUT2D eigenvalue weighted by Gasteiger charge is -2.13. The number of ketones is 1. The molecular weight excluding hydrogens is 295 g/mol. The van der Waals surface area contributed by atoms with Crippen LogP contribution < -0.4 is 9.47 Å². The van der Waals surface area contributed by atoms with Crippen molar-refractivity contribution in [2.24, 2.45) is 0 Å². The summed E-state index contributed by atoms with van der Waals surface area (Å²) < 4.78 is 24.9. The van der Waals surface area contributed by atoms with Crippen LogP contribution in [0.5, 0.6) is 11.5 Å². The fourth-order valence-electron chi connectivity index (χ4n) is 2.00. The lowest BCUT2D eigenvalue weighted by atomic mass is 10.1. The predicted octanol–water partition coefficient (Wildman–Crippen LogP) is 4.41. The predicted molar refractivity (Wildman–Crippen MR) is 88.1 cm³/mol. The minimum Gasteiger partial charge on any atom is -0.490 e. The zero-order chi connectivity index (χ0) is 16.7. The standard InChI is InChI=1S/C19H19FO3/c1-3-22-19-12-15(9-8-14(2)21)10-11-18(19)23-13-16-6-4-5-7-17(16)20/h4-12H,3,13H2,1-2H3/b9-8+. The summed E-state index contributed by atoms with van der Waals surface area (Å²) >= 11 is 0. The maximum atomic E-state index is 13.6. The summed E-state index contributed by atoms with van der Waals surface area (Å²) in [5.74, 6) is 0.777. The Balaban J connectivity index is 2.17. The van der Waals surface area contributed by atoms with Crippen molar-refractivity contribution in [3.05, 3.63) is 65.5 Å². The maximum absolute atomic E-state index is 13.6. The second kappa shape index (κ2) is 8.13. The number of allylic oxidation sites excluding steroid dienone is 1. The number of carbonyl (C=O) groups is 1. The van der Waals surface area contributed by atoms with Crippen LogP contribution in [0.15, 0.2) is 48.5 Å². The van der Waals surface area contributed by atoms with Crippen LogP contribution in [-0.2, 0) is 11.4 Å². The van der Waals surface area contributed by atoms with E-state index < -0.39 is 0 Å². The second-order valence-electron chi connectivity index (χ2n) is 4.96. The first-order chi connectivity index (χ1) is 11.1. The minimum atomic E-state index is -0.300. The molecule has 0 saturated heterocycles. The Bertz CT molecular complexity index is 708. The van der Waals surface area contributed by atoms with E-state index in [1.165, 1.54) is 19.1 Å². The molecule has 3 nitrogen and oxygen atoms in total. The summed E-state index contributed by atoms with van der Waals surface area (Å²) in [6, 6.07) is 11.9. The van der Waals surface area contributed by atoms with Gasteiger partial charge in [-0.25, -0.2) is 4.39 Å². The topological polar surface area (TPSA) is 35.5 Å². The highest BCUT2D eigenvalue weighted by molar-refractivity contribution is 5.91. The van der Waals surface area contributed by atoms with Gasteiger partial charge in [0.05, 0.1) is 6.61 Å². The molecule has 0 aliphatic rings. The van der Waals surface area contributed by atoms with E-state index >= 15 is 0 Å². The lowest BCUT2D eigenvalue weighted by molar-refractivity contribution is -0.112. The average molecular weight is 314 g/mol. The number of hydrogen-bond acceptors (Lipinski definition) is 3. The maximum Gasteiger partial charge on any atom is 0.161 e. The van der Waals surface area contributed by atoms with Crippen molar-refractivity contribution < 1.29 is 18.7 Å². The van der Waals surface area contributed by atoms with Crippen LogP contribution in [0.3, 0.4) is 0 Å². The van der Waals surface area contributed by atoms with Gasteiger partial charge in [-0.3, -0.25) is 4.79 Å². The molecular formula is C19H19FO3. The van der Waals surface area contributed by atoms with Crippen molar-refractivity contribution in [1.29, 1.82) is 0 Å². The van der Waals surface area contributed by atoms with Crippen LogP contribution in [0.4, 0.5) is 4.39 Å². The number of ether oxygens (including phenoxy) is 2. The first-order valence-electron chi connectivity index (χ1n) is 7.42. The molecule has 0 bridgehead atoms. The number of benzene rings is 2. The van der Waals surface area contributed by atoms with E-state index in [1.54, 1.807) is 36.4 Å². The highest BCUT2D eigenvalue weighted by Crippen LogP contribution is 2.30. The van der Waals surface area contributed by atoms with Gasteiger partial charge in [-0.1, -0.05) is 30.3 Å². The van der Waals surface area contributed by atoms with Crippen LogP contribution in [0, 0.1) is 5.82 Å². The highest BCUT2D eigenvalue weighted by atomic mass is 19.1. The van der Waals surface area contributed by atoms with Crippen LogP contribution in [0.2, 0.25) is 0 Å². The molecule has 0 heterocycles. The highest BCUT2D eigenvalue weighted by Gasteiger charge is 2.08. The molecule has 4 heteroatoms. The summed E-state index contributed by atoms with van der Waals surface area (Å²) in [6.45, 7) is 3.97. The van der Waals surface area contributed by atoms with Crippen LogP contribution >= 0.6 is 0 Å². The molecule has 0 N–H and O–H groups in total. The molecule has 0 radical (unpaired) electrons. The molecule has 0 aliphatic heterocycles. The van der Waals surface area contributed by atoms with Crippen molar-refractivity contribution in [3.63, 3.8) is 0 Å². The van der Waals surface area contributed by atoms with Crippen molar-refractivity contribution in [2.45, 2.75) is 20.5 Å². The molecule has 0 spiro atoms. The first kappa shape index (κ1) is 16.7. The van der Waals surface area contributed by atoms with E-state index in [0.717, 1.165) is 5.56 Å². The molecule has 120 valence electrons. The van der Waals surface area contributed by atoms with Crippen LogP contribution in [0.1, 0.15) is 25.0 Å². The zero-order valence-corrected chi connectivity index (χ0v) is 13.2. The van der Waals surface area contributed by atoms with E-state index in [2.05, 4.69) is 0 Å². The van der Waals surface area contributed by atoms with E-state index in [4.69, 9.17) is 9.47 Å². The van der Waals surface area contributed by atoms with Crippen LogP contribution in [0.25, 0.3) is 6.08 Å². The van der Waals surface area contributed by atoms with Gasteiger partial charge in [-0.05, 0) is 43.7 Å². The van der Waals surface area contributed by atoms with E-state index in [0.29, 0.717) is 23.7 Å². The first-order valence-corrected chi connectivity index (χ1v) is 7.42. The third kappa shape index (κ3) is 4.95. The van der Waals surface area contributed by atoms with Crippen molar-refractivity contribution in [3.8, 4) is 11.5 Å². The second-order valence-corrected chi connectivity index (χ2v) is 4.96. The lowest BCUT2D eigenvalue weighted by Crippen LogP contribution is -2.01. The third-order valence-electron chi connectivity index (χ3n) is 3.12. The fraction of sp³-hybridized carbons (Fsp3) is 0.211. The molecule has 2 rings (SSSR count). The number of rotatable bonds is 7. The molecule has 2 aromatic carbocycles. The smallest absolute Gasteiger partial charge is 0.161 e. The molecule has 0 atom stereocenters. The van der Waals surface area contributed by atoms with Gasteiger partial charge in [0, 0.05) is 5.56 Å². The molecule has 0 unspecified atom stereocenters. The summed E-state index contributed by atoms with van der Waals surface area (Å²) in [6.07, 6.45) is 3.20. The van der Waals surface area contributed by atoms with Crippen molar-refractivity contribution in [1.82, 2.24) is 0 Å². The van der Waals surface area contributed by atoms with E-state index in [1.807, 2.05) is 13.0 Å². The quantitative estimate of drug-likeness (QED) is 0.710. The third-order valence-corrected chi connectivity index (χ3v) is 3.12. The monoisotopic (exact) mass is 314 g/mol. The molecule has 0 saturated carbocycles. The average Bonchev–Trinajstić information content (AvgIpc) is 2.53. The number of carbonyl (C=O) groups excluding carboxylic acids is 1. The number of hydrogen-bond donors (Lipinski definition) is 0. The molecule has 0 fully saturated rings. The largest absolute Gasteiger partial charge is 0.490 e. The van der Waals surface area contributed by atoms with Gasteiger partial charge < -0.3 is 9.47 Å². The molecule has 2 aromatic rings. The molecule has 0 amide bonds. The van der Waals surface area contributed by atoms with E-state index in [-0.39, 0.29) is 18.2 Å². The Kier molecular flexibility index (Phi) is 5.92. The van der Waals surface area contributed by atoms with E-state index in [9.17, 15) is 9.18 Å². The molecule has 0 aromatic heterocycles. The Labute approximate surface area is 135 Å². The van der Waals surface area contributed by atoms with Gasteiger partial charge in [-0.15, -0.1) is 0 Å². The summed E-state index contributed by atoms with van der Waals surface area (Å²) in [5, 5.41) is 0. The van der Waals surface area contributed by atoms with Gasteiger partial charge in [0.15, 0.2) is 17.3 Å². The van der Waals surface area contributed by atoms with Gasteiger partial charge >= 0.3 is 0 Å². The van der Waals surface area contributed by atoms with Crippen molar-refractivity contribution in [2.75, 3.05) is 6.61 Å². The SMILES string of the molecule is CCOc1cc(/C=C/C(C)=O)ccc1OCc1ccccc1F. The Hall–Kier alpha value is -2.62. The van der Waals surface area contributed by atoms with Gasteiger partial charge in [-0.2, -0.15) is 0 Å². The van der Waals surface area contributed by atoms with Gasteiger partial charge in [0.25, 0.3) is 0 Å².